The molecule has 0 bridgehead atoms. The van der Waals surface area contributed by atoms with E-state index in [9.17, 15) is 0 Å². The quantitative estimate of drug-likeness (QED) is 0.661. The zero-order chi connectivity index (χ0) is 9.64. The minimum Gasteiger partial charge on any atom is -0.310 e. The number of aromatic nitrogens is 3. The first kappa shape index (κ1) is 8.73. The molecule has 1 saturated carbocycles. The Morgan fingerprint density at radius 1 is 1.23 bits per heavy atom. The normalized spacial score (nSPS) is 17.8. The van der Waals surface area contributed by atoms with E-state index in [1.54, 1.807) is 0 Å². The Morgan fingerprint density at radius 2 is 1.85 bits per heavy atom. The molecule has 72 valence electrons. The van der Waals surface area contributed by atoms with Gasteiger partial charge >= 0.3 is 0 Å². The van der Waals surface area contributed by atoms with Crippen LogP contribution in [0, 0.1) is 6.92 Å². The fourth-order valence-corrected chi connectivity index (χ4v) is 1.81. The number of aryl methyl sites for hydroxylation is 1. The van der Waals surface area contributed by atoms with Gasteiger partial charge in [-0.3, -0.25) is 0 Å². The van der Waals surface area contributed by atoms with Gasteiger partial charge in [-0.2, -0.15) is 0 Å². The van der Waals surface area contributed by atoms with Gasteiger partial charge in [0.1, 0.15) is 11.6 Å². The Morgan fingerprint density at radius 3 is 2.31 bits per heavy atom. The Hall–Kier alpha value is -0.860. The van der Waals surface area contributed by atoms with Crippen LogP contribution in [0.25, 0.3) is 0 Å². The highest BCUT2D eigenvalue weighted by molar-refractivity contribution is 5.10. The molecular formula is C10H17N3. The molecule has 0 radical (unpaired) electrons. The van der Waals surface area contributed by atoms with Crippen molar-refractivity contribution >= 4 is 0 Å². The lowest BCUT2D eigenvalue weighted by atomic mass is 10.1. The standard InChI is InChI=1S/C10H17N3/c1-7-11-12-9(8-5-6-8)13(7)10(2,3)4/h8H,5-6H2,1-4H3. The number of hydrogen-bond donors (Lipinski definition) is 0. The number of hydrogen-bond acceptors (Lipinski definition) is 2. The van der Waals surface area contributed by atoms with E-state index in [4.69, 9.17) is 0 Å². The molecule has 0 aliphatic heterocycles. The molecule has 1 aliphatic carbocycles. The van der Waals surface area contributed by atoms with Crippen LogP contribution in [0.3, 0.4) is 0 Å². The van der Waals surface area contributed by atoms with Crippen LogP contribution in [0.15, 0.2) is 0 Å². The van der Waals surface area contributed by atoms with Crippen LogP contribution >= 0.6 is 0 Å². The summed E-state index contributed by atoms with van der Waals surface area (Å²) in [5.74, 6) is 2.90. The van der Waals surface area contributed by atoms with Crippen molar-refractivity contribution in [3.63, 3.8) is 0 Å². The second-order valence-electron chi connectivity index (χ2n) is 4.89. The number of rotatable bonds is 1. The number of nitrogens with zero attached hydrogens (tertiary/aromatic N) is 3. The van der Waals surface area contributed by atoms with Crippen LogP contribution in [0.4, 0.5) is 0 Å². The first-order valence-electron chi connectivity index (χ1n) is 4.92. The average Bonchev–Trinajstić information content (AvgIpc) is 2.73. The molecule has 1 fully saturated rings. The van der Waals surface area contributed by atoms with Crippen molar-refractivity contribution in [2.75, 3.05) is 0 Å². The molecule has 1 aliphatic rings. The fraction of sp³-hybridized carbons (Fsp3) is 0.800. The molecule has 3 nitrogen and oxygen atoms in total. The molecule has 0 aromatic carbocycles. The average molecular weight is 179 g/mol. The lowest BCUT2D eigenvalue weighted by molar-refractivity contribution is 0.374. The van der Waals surface area contributed by atoms with Crippen molar-refractivity contribution in [3.8, 4) is 0 Å². The predicted molar refractivity (Wildman–Crippen MR) is 51.7 cm³/mol. The summed E-state index contributed by atoms with van der Waals surface area (Å²) in [5.41, 5.74) is 0.117. The summed E-state index contributed by atoms with van der Waals surface area (Å²) < 4.78 is 2.27. The molecule has 3 heteroatoms. The van der Waals surface area contributed by atoms with Gasteiger partial charge in [0.25, 0.3) is 0 Å². The van der Waals surface area contributed by atoms with Crippen LogP contribution in [0.1, 0.15) is 51.2 Å². The van der Waals surface area contributed by atoms with E-state index in [1.165, 1.54) is 18.7 Å². The third-order valence-corrected chi connectivity index (χ3v) is 2.46. The summed E-state index contributed by atoms with van der Waals surface area (Å²) in [4.78, 5) is 0. The summed E-state index contributed by atoms with van der Waals surface area (Å²) in [7, 11) is 0. The molecule has 1 heterocycles. The zero-order valence-electron chi connectivity index (χ0n) is 8.83. The molecule has 1 aromatic rings. The summed E-state index contributed by atoms with van der Waals surface area (Å²) in [6, 6.07) is 0. The second-order valence-corrected chi connectivity index (χ2v) is 4.89. The highest BCUT2D eigenvalue weighted by Crippen LogP contribution is 2.40. The van der Waals surface area contributed by atoms with Gasteiger partial charge in [0, 0.05) is 11.5 Å². The van der Waals surface area contributed by atoms with Gasteiger partial charge in [0.15, 0.2) is 0 Å². The second kappa shape index (κ2) is 2.56. The Bertz CT molecular complexity index is 315. The fourth-order valence-electron chi connectivity index (χ4n) is 1.81. The van der Waals surface area contributed by atoms with E-state index in [2.05, 4.69) is 35.5 Å². The molecule has 0 N–H and O–H groups in total. The zero-order valence-corrected chi connectivity index (χ0v) is 8.83. The molecule has 13 heavy (non-hydrogen) atoms. The Labute approximate surface area is 79.2 Å². The monoisotopic (exact) mass is 179 g/mol. The van der Waals surface area contributed by atoms with E-state index < -0.39 is 0 Å². The highest BCUT2D eigenvalue weighted by Gasteiger charge is 2.32. The van der Waals surface area contributed by atoms with Crippen LogP contribution in [0.2, 0.25) is 0 Å². The predicted octanol–water partition coefficient (Wildman–Crippen LogP) is 2.22. The SMILES string of the molecule is Cc1nnc(C2CC2)n1C(C)(C)C. The van der Waals surface area contributed by atoms with Crippen LogP contribution in [-0.2, 0) is 5.54 Å². The first-order valence-corrected chi connectivity index (χ1v) is 4.92. The van der Waals surface area contributed by atoms with Crippen molar-refractivity contribution in [1.82, 2.24) is 14.8 Å². The topological polar surface area (TPSA) is 30.7 Å². The van der Waals surface area contributed by atoms with E-state index in [0.29, 0.717) is 5.92 Å². The summed E-state index contributed by atoms with van der Waals surface area (Å²) in [6.45, 7) is 8.64. The molecule has 2 rings (SSSR count). The molecule has 0 unspecified atom stereocenters. The van der Waals surface area contributed by atoms with Crippen molar-refractivity contribution in [2.45, 2.75) is 52.0 Å². The van der Waals surface area contributed by atoms with E-state index >= 15 is 0 Å². The van der Waals surface area contributed by atoms with Gasteiger partial charge in [0.2, 0.25) is 0 Å². The van der Waals surface area contributed by atoms with Crippen LogP contribution in [0.5, 0.6) is 0 Å². The highest BCUT2D eigenvalue weighted by atomic mass is 15.3. The third kappa shape index (κ3) is 1.47. The largest absolute Gasteiger partial charge is 0.310 e. The van der Waals surface area contributed by atoms with E-state index in [1.807, 2.05) is 6.92 Å². The molecular weight excluding hydrogens is 162 g/mol. The maximum Gasteiger partial charge on any atom is 0.136 e. The van der Waals surface area contributed by atoms with Gasteiger partial charge in [-0.1, -0.05) is 0 Å². The molecule has 0 atom stereocenters. The minimum absolute atomic E-state index is 0.117. The van der Waals surface area contributed by atoms with Gasteiger partial charge in [-0.15, -0.1) is 10.2 Å². The molecule has 0 spiro atoms. The third-order valence-electron chi connectivity index (χ3n) is 2.46. The summed E-state index contributed by atoms with van der Waals surface area (Å²) in [6.07, 6.45) is 2.57. The summed E-state index contributed by atoms with van der Waals surface area (Å²) in [5, 5.41) is 8.41. The van der Waals surface area contributed by atoms with Gasteiger partial charge in [-0.25, -0.2) is 0 Å². The lowest BCUT2D eigenvalue weighted by Crippen LogP contribution is -2.25. The van der Waals surface area contributed by atoms with Crippen molar-refractivity contribution in [1.29, 1.82) is 0 Å². The van der Waals surface area contributed by atoms with Gasteiger partial charge in [0.05, 0.1) is 0 Å². The van der Waals surface area contributed by atoms with Crippen molar-refractivity contribution in [3.05, 3.63) is 11.6 Å². The maximum atomic E-state index is 4.26. The summed E-state index contributed by atoms with van der Waals surface area (Å²) >= 11 is 0. The Kier molecular flexibility index (Phi) is 1.72. The Balaban J connectivity index is 2.46. The molecule has 1 aromatic heterocycles. The van der Waals surface area contributed by atoms with Crippen LogP contribution in [-0.4, -0.2) is 14.8 Å². The van der Waals surface area contributed by atoms with Gasteiger partial charge in [-0.05, 0) is 40.5 Å². The van der Waals surface area contributed by atoms with E-state index in [0.717, 1.165) is 5.82 Å². The van der Waals surface area contributed by atoms with Crippen LogP contribution < -0.4 is 0 Å². The van der Waals surface area contributed by atoms with Crippen molar-refractivity contribution in [2.24, 2.45) is 0 Å². The maximum absolute atomic E-state index is 4.26. The smallest absolute Gasteiger partial charge is 0.136 e. The first-order chi connectivity index (χ1) is 6.00. The molecule has 0 amide bonds. The molecule has 0 saturated heterocycles. The van der Waals surface area contributed by atoms with E-state index in [-0.39, 0.29) is 5.54 Å². The minimum atomic E-state index is 0.117. The van der Waals surface area contributed by atoms with Crippen molar-refractivity contribution < 1.29 is 0 Å². The van der Waals surface area contributed by atoms with Gasteiger partial charge < -0.3 is 4.57 Å². The lowest BCUT2D eigenvalue weighted by Gasteiger charge is -2.24.